The zero-order chi connectivity index (χ0) is 12.2. The van der Waals surface area contributed by atoms with Crippen molar-refractivity contribution in [3.63, 3.8) is 0 Å². The molecule has 1 unspecified atom stereocenters. The van der Waals surface area contributed by atoms with Gasteiger partial charge in [-0.2, -0.15) is 0 Å². The summed E-state index contributed by atoms with van der Waals surface area (Å²) in [6.45, 7) is 3.57. The number of aromatic nitrogens is 1. The zero-order valence-corrected chi connectivity index (χ0v) is 9.41. The van der Waals surface area contributed by atoms with Gasteiger partial charge in [-0.3, -0.25) is 9.59 Å². The van der Waals surface area contributed by atoms with Crippen LogP contribution in [0.15, 0.2) is 18.3 Å². The van der Waals surface area contributed by atoms with Gasteiger partial charge in [0.1, 0.15) is 5.69 Å². The second-order valence-corrected chi connectivity index (χ2v) is 4.02. The van der Waals surface area contributed by atoms with Crippen LogP contribution in [0.5, 0.6) is 0 Å². The zero-order valence-electron chi connectivity index (χ0n) is 9.41. The third kappa shape index (κ3) is 3.12. The summed E-state index contributed by atoms with van der Waals surface area (Å²) >= 11 is 0. The normalized spacial score (nSPS) is 14.1. The number of hydrogen-bond acceptors (Lipinski definition) is 2. The van der Waals surface area contributed by atoms with E-state index < -0.39 is 11.5 Å². The standard InChI is InChI=1S/C11H16N2O3/c1-3-11(2,7-9(14)15)13-10(16)8-5-4-6-12-8/h4-6,12H,3,7H2,1-2H3,(H,13,16)(H,14,15). The Morgan fingerprint density at radius 2 is 2.25 bits per heavy atom. The Morgan fingerprint density at radius 1 is 1.56 bits per heavy atom. The molecule has 5 heteroatoms. The van der Waals surface area contributed by atoms with Crippen molar-refractivity contribution in [3.8, 4) is 0 Å². The molecule has 0 aliphatic rings. The molecule has 0 saturated carbocycles. The molecular weight excluding hydrogens is 208 g/mol. The van der Waals surface area contributed by atoms with E-state index in [1.165, 1.54) is 0 Å². The molecule has 3 N–H and O–H groups in total. The van der Waals surface area contributed by atoms with Gasteiger partial charge >= 0.3 is 5.97 Å². The summed E-state index contributed by atoms with van der Waals surface area (Å²) in [5.74, 6) is -1.20. The molecule has 88 valence electrons. The van der Waals surface area contributed by atoms with Crippen LogP contribution in [0.2, 0.25) is 0 Å². The van der Waals surface area contributed by atoms with Gasteiger partial charge in [0, 0.05) is 11.7 Å². The van der Waals surface area contributed by atoms with E-state index in [0.29, 0.717) is 12.1 Å². The van der Waals surface area contributed by atoms with Crippen molar-refractivity contribution in [2.75, 3.05) is 0 Å². The van der Waals surface area contributed by atoms with Crippen LogP contribution in [0, 0.1) is 0 Å². The van der Waals surface area contributed by atoms with E-state index in [0.717, 1.165) is 0 Å². The Labute approximate surface area is 93.9 Å². The molecule has 1 amide bonds. The molecule has 16 heavy (non-hydrogen) atoms. The van der Waals surface area contributed by atoms with E-state index in [1.807, 2.05) is 6.92 Å². The molecule has 1 rings (SSSR count). The van der Waals surface area contributed by atoms with E-state index in [9.17, 15) is 9.59 Å². The summed E-state index contributed by atoms with van der Waals surface area (Å²) < 4.78 is 0. The molecule has 0 saturated heterocycles. The summed E-state index contributed by atoms with van der Waals surface area (Å²) in [5, 5.41) is 11.5. The number of carbonyl (C=O) groups excluding carboxylic acids is 1. The van der Waals surface area contributed by atoms with Crippen molar-refractivity contribution in [2.24, 2.45) is 0 Å². The maximum absolute atomic E-state index is 11.7. The van der Waals surface area contributed by atoms with Crippen molar-refractivity contribution in [1.82, 2.24) is 10.3 Å². The van der Waals surface area contributed by atoms with E-state index in [-0.39, 0.29) is 12.3 Å². The molecule has 5 nitrogen and oxygen atoms in total. The fraction of sp³-hybridized carbons (Fsp3) is 0.455. The van der Waals surface area contributed by atoms with Gasteiger partial charge in [-0.25, -0.2) is 0 Å². The van der Waals surface area contributed by atoms with Gasteiger partial charge < -0.3 is 15.4 Å². The van der Waals surface area contributed by atoms with Crippen molar-refractivity contribution in [3.05, 3.63) is 24.0 Å². The quantitative estimate of drug-likeness (QED) is 0.706. The number of hydrogen-bond donors (Lipinski definition) is 3. The van der Waals surface area contributed by atoms with Gasteiger partial charge in [0.15, 0.2) is 0 Å². The fourth-order valence-electron chi connectivity index (χ4n) is 1.40. The summed E-state index contributed by atoms with van der Waals surface area (Å²) in [6.07, 6.45) is 2.12. The molecule has 0 aliphatic heterocycles. The summed E-state index contributed by atoms with van der Waals surface area (Å²) in [7, 11) is 0. The average molecular weight is 224 g/mol. The molecule has 1 aromatic heterocycles. The Bertz CT molecular complexity index is 373. The van der Waals surface area contributed by atoms with E-state index in [1.54, 1.807) is 25.3 Å². The maximum Gasteiger partial charge on any atom is 0.305 e. The number of amides is 1. The van der Waals surface area contributed by atoms with E-state index in [2.05, 4.69) is 10.3 Å². The van der Waals surface area contributed by atoms with Crippen LogP contribution in [0.3, 0.4) is 0 Å². The molecule has 0 bridgehead atoms. The molecule has 1 atom stereocenters. The van der Waals surface area contributed by atoms with Crippen LogP contribution < -0.4 is 5.32 Å². The second kappa shape index (κ2) is 4.83. The van der Waals surface area contributed by atoms with Crippen LogP contribution in [0.1, 0.15) is 37.2 Å². The van der Waals surface area contributed by atoms with Gasteiger partial charge in [0.05, 0.1) is 6.42 Å². The first kappa shape index (κ1) is 12.3. The monoisotopic (exact) mass is 224 g/mol. The molecule has 0 aromatic carbocycles. The minimum absolute atomic E-state index is 0.0874. The molecule has 0 aliphatic carbocycles. The number of carboxylic acids is 1. The number of carboxylic acid groups (broad SMARTS) is 1. The maximum atomic E-state index is 11.7. The number of nitrogens with one attached hydrogen (secondary N) is 2. The van der Waals surface area contributed by atoms with Gasteiger partial charge in [0.2, 0.25) is 0 Å². The number of aromatic amines is 1. The van der Waals surface area contributed by atoms with Crippen LogP contribution in [-0.2, 0) is 4.79 Å². The Morgan fingerprint density at radius 3 is 2.69 bits per heavy atom. The van der Waals surface area contributed by atoms with Crippen LogP contribution in [-0.4, -0.2) is 27.5 Å². The van der Waals surface area contributed by atoms with Crippen molar-refractivity contribution in [1.29, 1.82) is 0 Å². The van der Waals surface area contributed by atoms with E-state index in [4.69, 9.17) is 5.11 Å². The highest BCUT2D eigenvalue weighted by molar-refractivity contribution is 5.93. The minimum Gasteiger partial charge on any atom is -0.481 e. The van der Waals surface area contributed by atoms with Gasteiger partial charge in [0.25, 0.3) is 5.91 Å². The first-order chi connectivity index (χ1) is 7.47. The highest BCUT2D eigenvalue weighted by Gasteiger charge is 2.27. The van der Waals surface area contributed by atoms with Gasteiger partial charge in [-0.1, -0.05) is 6.92 Å². The van der Waals surface area contributed by atoms with Gasteiger partial charge in [-0.15, -0.1) is 0 Å². The third-order valence-electron chi connectivity index (χ3n) is 2.58. The molecule has 1 aromatic rings. The summed E-state index contributed by atoms with van der Waals surface area (Å²) in [4.78, 5) is 25.2. The Hall–Kier alpha value is -1.78. The lowest BCUT2D eigenvalue weighted by Crippen LogP contribution is -2.47. The fourth-order valence-corrected chi connectivity index (χ4v) is 1.40. The highest BCUT2D eigenvalue weighted by Crippen LogP contribution is 2.15. The lowest BCUT2D eigenvalue weighted by molar-refractivity contribution is -0.138. The second-order valence-electron chi connectivity index (χ2n) is 4.02. The molecular formula is C11H16N2O3. The molecule has 1 heterocycles. The third-order valence-corrected chi connectivity index (χ3v) is 2.58. The SMILES string of the molecule is CCC(C)(CC(=O)O)NC(=O)c1ccc[nH]1. The lowest BCUT2D eigenvalue weighted by atomic mass is 9.94. The molecule has 0 spiro atoms. The van der Waals surface area contributed by atoms with Crippen LogP contribution in [0.4, 0.5) is 0 Å². The molecule has 0 radical (unpaired) electrons. The van der Waals surface area contributed by atoms with E-state index >= 15 is 0 Å². The first-order valence-corrected chi connectivity index (χ1v) is 5.14. The van der Waals surface area contributed by atoms with Gasteiger partial charge in [-0.05, 0) is 25.5 Å². The van der Waals surface area contributed by atoms with Crippen LogP contribution in [0.25, 0.3) is 0 Å². The highest BCUT2D eigenvalue weighted by atomic mass is 16.4. The van der Waals surface area contributed by atoms with Crippen LogP contribution >= 0.6 is 0 Å². The number of rotatable bonds is 5. The van der Waals surface area contributed by atoms with Crippen molar-refractivity contribution < 1.29 is 14.7 Å². The summed E-state index contributed by atoms with van der Waals surface area (Å²) in [6, 6.07) is 3.36. The lowest BCUT2D eigenvalue weighted by Gasteiger charge is -2.27. The topological polar surface area (TPSA) is 82.2 Å². The Kier molecular flexibility index (Phi) is 3.71. The summed E-state index contributed by atoms with van der Waals surface area (Å²) in [5.41, 5.74) is -0.279. The predicted molar refractivity (Wildman–Crippen MR) is 59.2 cm³/mol. The van der Waals surface area contributed by atoms with Crippen molar-refractivity contribution >= 4 is 11.9 Å². The number of aliphatic carboxylic acids is 1. The number of carbonyl (C=O) groups is 2. The average Bonchev–Trinajstić information content (AvgIpc) is 2.69. The minimum atomic E-state index is -0.920. The smallest absolute Gasteiger partial charge is 0.305 e. The van der Waals surface area contributed by atoms with Crippen molar-refractivity contribution in [2.45, 2.75) is 32.2 Å². The largest absolute Gasteiger partial charge is 0.481 e. The molecule has 0 fully saturated rings. The first-order valence-electron chi connectivity index (χ1n) is 5.14. The Balaban J connectivity index is 2.70. The number of H-pyrrole nitrogens is 1. The predicted octanol–water partition coefficient (Wildman–Crippen LogP) is 1.39.